The van der Waals surface area contributed by atoms with Crippen LogP contribution in [0.15, 0.2) is 36.4 Å². The fourth-order valence-corrected chi connectivity index (χ4v) is 3.21. The number of hydrogen-bond donors (Lipinski definition) is 4. The van der Waals surface area contributed by atoms with Crippen molar-refractivity contribution in [1.29, 1.82) is 0 Å². The van der Waals surface area contributed by atoms with E-state index < -0.39 is 0 Å². The Morgan fingerprint density at radius 2 is 1.32 bits per heavy atom. The summed E-state index contributed by atoms with van der Waals surface area (Å²) in [6, 6.07) is 11.7. The Morgan fingerprint density at radius 3 is 1.87 bits per heavy atom. The number of tetrazole rings is 2. The van der Waals surface area contributed by atoms with Gasteiger partial charge in [0.1, 0.15) is 11.6 Å². The number of fused-ring (bicyclic) bond motifs is 2. The van der Waals surface area contributed by atoms with Crippen LogP contribution in [-0.4, -0.2) is 61.2 Å². The predicted molar refractivity (Wildman–Crippen MR) is 113 cm³/mol. The second kappa shape index (κ2) is 7.74. The lowest BCUT2D eigenvalue weighted by atomic mass is 10.2. The lowest BCUT2D eigenvalue weighted by Gasteiger charge is -1.93. The van der Waals surface area contributed by atoms with Gasteiger partial charge in [-0.25, -0.2) is 9.97 Å². The van der Waals surface area contributed by atoms with Crippen LogP contribution in [0, 0.1) is 6.92 Å². The lowest BCUT2D eigenvalue weighted by molar-refractivity contribution is 0.881. The molecule has 0 aliphatic carbocycles. The minimum atomic E-state index is 0.587. The van der Waals surface area contributed by atoms with Crippen molar-refractivity contribution in [3.8, 4) is 22.8 Å². The van der Waals surface area contributed by atoms with Gasteiger partial charge in [0.25, 0.3) is 0 Å². The fourth-order valence-electron chi connectivity index (χ4n) is 3.21. The molecule has 6 aromatic rings. The smallest absolute Gasteiger partial charge is 0.204 e. The van der Waals surface area contributed by atoms with Crippen LogP contribution < -0.4 is 0 Å². The second-order valence-electron chi connectivity index (χ2n) is 6.79. The van der Waals surface area contributed by atoms with Crippen LogP contribution in [-0.2, 0) is 6.42 Å². The van der Waals surface area contributed by atoms with Crippen molar-refractivity contribution >= 4 is 22.1 Å². The van der Waals surface area contributed by atoms with Gasteiger partial charge in [-0.2, -0.15) is 10.4 Å². The molecule has 0 aliphatic rings. The first-order valence-corrected chi connectivity index (χ1v) is 9.62. The molecular weight excluding hydrogens is 396 g/mol. The first kappa shape index (κ1) is 18.5. The maximum Gasteiger partial charge on any atom is 0.204 e. The molecule has 0 amide bonds. The third-order valence-electron chi connectivity index (χ3n) is 4.67. The van der Waals surface area contributed by atoms with Gasteiger partial charge < -0.3 is 9.97 Å². The number of H-pyrrole nitrogens is 4. The first-order chi connectivity index (χ1) is 15.2. The van der Waals surface area contributed by atoms with Gasteiger partial charge in [-0.3, -0.25) is 0 Å². The van der Waals surface area contributed by atoms with Crippen LogP contribution in [0.4, 0.5) is 0 Å². The fraction of sp³-hybridized carbons (Fsp3) is 0.158. The molecule has 12 heteroatoms. The van der Waals surface area contributed by atoms with E-state index in [4.69, 9.17) is 0 Å². The van der Waals surface area contributed by atoms with Gasteiger partial charge in [-0.05, 0) is 53.7 Å². The maximum atomic E-state index is 4.43. The van der Waals surface area contributed by atoms with Gasteiger partial charge in [0, 0.05) is 17.5 Å². The van der Waals surface area contributed by atoms with Gasteiger partial charge >= 0.3 is 0 Å². The standard InChI is InChI=1S/C10H10N6.C9H8N6/c1-2-9-11-7-4-3-6(5-8(7)12-9)10-13-15-16-14-10;1-5-10-7-3-2-6(4-8(7)11-5)9-12-14-15-13-9/h3-5H,2H2,1H3,(H,11,12)(H,13,14,15,16);2-4H,1H3,(H,10,11)(H,12,13,14,15). The highest BCUT2D eigenvalue weighted by Gasteiger charge is 2.07. The van der Waals surface area contributed by atoms with E-state index in [1.54, 1.807) is 0 Å². The normalized spacial score (nSPS) is 11.0. The van der Waals surface area contributed by atoms with E-state index in [1.165, 1.54) is 0 Å². The molecule has 0 bridgehead atoms. The van der Waals surface area contributed by atoms with Crippen molar-refractivity contribution < 1.29 is 0 Å². The Bertz CT molecular complexity index is 1430. The maximum absolute atomic E-state index is 4.43. The summed E-state index contributed by atoms with van der Waals surface area (Å²) in [6.45, 7) is 3.99. The van der Waals surface area contributed by atoms with Crippen molar-refractivity contribution in [2.75, 3.05) is 0 Å². The van der Waals surface area contributed by atoms with Crippen LogP contribution in [0.2, 0.25) is 0 Å². The van der Waals surface area contributed by atoms with Crippen molar-refractivity contribution in [2.24, 2.45) is 0 Å². The summed E-state index contributed by atoms with van der Waals surface area (Å²) in [4.78, 5) is 15.2. The van der Waals surface area contributed by atoms with Gasteiger partial charge in [0.05, 0.1) is 22.1 Å². The summed E-state index contributed by atoms with van der Waals surface area (Å²) in [6.07, 6.45) is 0.895. The third-order valence-corrected chi connectivity index (χ3v) is 4.67. The van der Waals surface area contributed by atoms with E-state index in [2.05, 4.69) is 68.1 Å². The molecule has 31 heavy (non-hydrogen) atoms. The van der Waals surface area contributed by atoms with E-state index in [9.17, 15) is 0 Å². The molecule has 0 unspecified atom stereocenters. The molecule has 0 fully saturated rings. The molecule has 4 heterocycles. The minimum Gasteiger partial charge on any atom is -0.342 e. The first-order valence-electron chi connectivity index (χ1n) is 9.62. The number of aromatic nitrogens is 12. The summed E-state index contributed by atoms with van der Waals surface area (Å²) in [5.74, 6) is 3.06. The molecule has 6 rings (SSSR count). The topological polar surface area (TPSA) is 166 Å². The molecule has 154 valence electrons. The van der Waals surface area contributed by atoms with Crippen LogP contribution in [0.25, 0.3) is 44.8 Å². The molecule has 0 radical (unpaired) electrons. The largest absolute Gasteiger partial charge is 0.342 e. The van der Waals surface area contributed by atoms with E-state index in [0.29, 0.717) is 11.6 Å². The molecule has 0 atom stereocenters. The third kappa shape index (κ3) is 3.73. The number of aromatic amines is 4. The SMILES string of the molecule is CCc1nc2ccc(-c3nn[nH]n3)cc2[nH]1.Cc1nc2ccc(-c3nn[nH]n3)cc2[nH]1. The summed E-state index contributed by atoms with van der Waals surface area (Å²) in [5, 5.41) is 27.6. The number of benzene rings is 2. The van der Waals surface area contributed by atoms with Crippen LogP contribution in [0.3, 0.4) is 0 Å². The lowest BCUT2D eigenvalue weighted by Crippen LogP contribution is -1.81. The number of aryl methyl sites for hydroxylation is 2. The highest BCUT2D eigenvalue weighted by molar-refractivity contribution is 5.81. The van der Waals surface area contributed by atoms with Crippen LogP contribution >= 0.6 is 0 Å². The van der Waals surface area contributed by atoms with Gasteiger partial charge in [0.2, 0.25) is 11.6 Å². The van der Waals surface area contributed by atoms with E-state index in [0.717, 1.165) is 51.3 Å². The Balaban J connectivity index is 0.000000132. The number of nitrogens with zero attached hydrogens (tertiary/aromatic N) is 8. The molecule has 2 aromatic carbocycles. The number of imidazole rings is 2. The summed E-state index contributed by atoms with van der Waals surface area (Å²) in [5.41, 5.74) is 5.73. The van der Waals surface area contributed by atoms with Crippen molar-refractivity contribution in [3.63, 3.8) is 0 Å². The average molecular weight is 414 g/mol. The van der Waals surface area contributed by atoms with Crippen LogP contribution in [0.5, 0.6) is 0 Å². The predicted octanol–water partition coefficient (Wildman–Crippen LogP) is 2.36. The Morgan fingerprint density at radius 1 is 0.742 bits per heavy atom. The minimum absolute atomic E-state index is 0.587. The molecule has 0 aliphatic heterocycles. The van der Waals surface area contributed by atoms with Gasteiger partial charge in [0.15, 0.2) is 0 Å². The van der Waals surface area contributed by atoms with Crippen LogP contribution in [0.1, 0.15) is 18.6 Å². The quantitative estimate of drug-likeness (QED) is 0.342. The number of hydrogen-bond acceptors (Lipinski definition) is 8. The monoisotopic (exact) mass is 414 g/mol. The zero-order chi connectivity index (χ0) is 21.2. The van der Waals surface area contributed by atoms with Gasteiger partial charge in [-0.1, -0.05) is 6.92 Å². The Hall–Kier alpha value is -4.48. The average Bonchev–Trinajstić information content (AvgIpc) is 3.59. The molecule has 0 saturated heterocycles. The Kier molecular flexibility index (Phi) is 4.63. The highest BCUT2D eigenvalue weighted by Crippen LogP contribution is 2.20. The Labute approximate surface area is 174 Å². The second-order valence-corrected chi connectivity index (χ2v) is 6.79. The van der Waals surface area contributed by atoms with E-state index in [1.807, 2.05) is 43.3 Å². The van der Waals surface area contributed by atoms with E-state index in [-0.39, 0.29) is 0 Å². The zero-order valence-corrected chi connectivity index (χ0v) is 16.7. The molecule has 0 saturated carbocycles. The highest BCUT2D eigenvalue weighted by atomic mass is 15.5. The summed E-state index contributed by atoms with van der Waals surface area (Å²) >= 11 is 0. The zero-order valence-electron chi connectivity index (χ0n) is 16.7. The number of rotatable bonds is 3. The number of nitrogens with one attached hydrogen (secondary N) is 4. The summed E-state index contributed by atoms with van der Waals surface area (Å²) in [7, 11) is 0. The van der Waals surface area contributed by atoms with Gasteiger partial charge in [-0.15, -0.1) is 20.4 Å². The molecule has 4 N–H and O–H groups in total. The van der Waals surface area contributed by atoms with Crippen molar-refractivity contribution in [3.05, 3.63) is 48.0 Å². The summed E-state index contributed by atoms with van der Waals surface area (Å²) < 4.78 is 0. The molecular formula is C19H18N12. The molecule has 4 aromatic heterocycles. The van der Waals surface area contributed by atoms with Crippen molar-refractivity contribution in [2.45, 2.75) is 20.3 Å². The van der Waals surface area contributed by atoms with Crippen molar-refractivity contribution in [1.82, 2.24) is 61.2 Å². The molecule has 0 spiro atoms. The van der Waals surface area contributed by atoms with E-state index >= 15 is 0 Å². The molecule has 12 nitrogen and oxygen atoms in total.